The molecule has 0 atom stereocenters. The maximum Gasteiger partial charge on any atom is 0.169 e. The highest BCUT2D eigenvalue weighted by atomic mass is 16.5. The number of carbonyl (C=O) groups is 1. The molecule has 3 aromatic rings. The summed E-state index contributed by atoms with van der Waals surface area (Å²) in [6, 6.07) is 25.8. The molecule has 36 heavy (non-hydrogen) atoms. The minimum atomic E-state index is 0.00596. The highest BCUT2D eigenvalue weighted by molar-refractivity contribution is 6.00. The van der Waals surface area contributed by atoms with E-state index in [1.54, 1.807) is 7.11 Å². The Labute approximate surface area is 214 Å². The lowest BCUT2D eigenvalue weighted by molar-refractivity contribution is 0.0828. The molecule has 0 amide bonds. The molecule has 0 unspecified atom stereocenters. The van der Waals surface area contributed by atoms with Crippen LogP contribution in [-0.2, 0) is 5.54 Å². The van der Waals surface area contributed by atoms with E-state index >= 15 is 0 Å². The van der Waals surface area contributed by atoms with Gasteiger partial charge in [0.2, 0.25) is 0 Å². The molecule has 2 aliphatic carbocycles. The molecule has 1 heterocycles. The number of Topliss-reactive ketones (excluding diaryl/α,β-unsaturated/α-hetero) is 1. The Balaban J connectivity index is 1.07. The average molecular weight is 481 g/mol. The third-order valence-electron chi connectivity index (χ3n) is 9.01. The molecule has 6 rings (SSSR count). The fraction of sp³-hybridized carbons (Fsp3) is 0.406. The van der Waals surface area contributed by atoms with Crippen molar-refractivity contribution in [2.24, 2.45) is 5.92 Å². The molecule has 186 valence electrons. The molecule has 0 spiro atoms. The number of para-hydroxylation sites is 1. The third kappa shape index (κ3) is 3.70. The predicted octanol–water partition coefficient (Wildman–Crippen LogP) is 5.70. The van der Waals surface area contributed by atoms with Gasteiger partial charge in [-0.05, 0) is 86.8 Å². The van der Waals surface area contributed by atoms with Gasteiger partial charge in [-0.15, -0.1) is 0 Å². The zero-order valence-electron chi connectivity index (χ0n) is 21.5. The summed E-state index contributed by atoms with van der Waals surface area (Å²) in [4.78, 5) is 18.3. The Bertz CT molecular complexity index is 1210. The van der Waals surface area contributed by atoms with Crippen molar-refractivity contribution in [3.63, 3.8) is 0 Å². The summed E-state index contributed by atoms with van der Waals surface area (Å²) in [5.74, 6) is 1.55. The van der Waals surface area contributed by atoms with Crippen molar-refractivity contribution < 1.29 is 9.53 Å². The Morgan fingerprint density at radius 1 is 0.944 bits per heavy atom. The lowest BCUT2D eigenvalue weighted by Crippen LogP contribution is -2.44. The number of likely N-dealkylation sites (tertiary alicyclic amines) is 1. The van der Waals surface area contributed by atoms with Gasteiger partial charge in [0.05, 0.1) is 18.2 Å². The maximum atomic E-state index is 13.1. The summed E-state index contributed by atoms with van der Waals surface area (Å²) in [6.07, 6.45) is 4.16. The van der Waals surface area contributed by atoms with Gasteiger partial charge in [-0.2, -0.15) is 0 Å². The minimum absolute atomic E-state index is 0.00596. The molecule has 1 fully saturated rings. The van der Waals surface area contributed by atoms with Crippen molar-refractivity contribution in [3.8, 4) is 5.75 Å². The zero-order valence-corrected chi connectivity index (χ0v) is 21.5. The van der Waals surface area contributed by atoms with Crippen molar-refractivity contribution >= 4 is 5.78 Å². The van der Waals surface area contributed by atoms with Gasteiger partial charge in [0.15, 0.2) is 5.78 Å². The number of methoxy groups -OCH3 is 1. The number of fused-ring (bicyclic) bond motifs is 8. The van der Waals surface area contributed by atoms with Gasteiger partial charge in [-0.1, -0.05) is 60.7 Å². The first-order valence-corrected chi connectivity index (χ1v) is 13.4. The van der Waals surface area contributed by atoms with Crippen LogP contribution in [0.5, 0.6) is 5.75 Å². The fourth-order valence-corrected chi connectivity index (χ4v) is 7.18. The number of ketones is 1. The Morgan fingerprint density at radius 3 is 2.22 bits per heavy atom. The molecule has 3 aromatic carbocycles. The SMILES string of the molecule is COc1ccccc1C(=O)C1CCN(CCCN(C)C23CC(c4ccccc42)c2ccccc23)CC1. The summed E-state index contributed by atoms with van der Waals surface area (Å²) >= 11 is 0. The van der Waals surface area contributed by atoms with Gasteiger partial charge in [0.25, 0.3) is 0 Å². The van der Waals surface area contributed by atoms with Gasteiger partial charge < -0.3 is 9.64 Å². The second-order valence-corrected chi connectivity index (χ2v) is 10.7. The third-order valence-corrected chi connectivity index (χ3v) is 9.01. The first-order chi connectivity index (χ1) is 17.6. The van der Waals surface area contributed by atoms with Crippen LogP contribution in [0.15, 0.2) is 72.8 Å². The quantitative estimate of drug-likeness (QED) is 0.387. The number of hydrogen-bond acceptors (Lipinski definition) is 4. The number of benzene rings is 3. The summed E-state index contributed by atoms with van der Waals surface area (Å²) in [5, 5.41) is 0. The summed E-state index contributed by atoms with van der Waals surface area (Å²) in [6.45, 7) is 4.14. The molecule has 1 saturated heterocycles. The van der Waals surface area contributed by atoms with Crippen molar-refractivity contribution in [2.75, 3.05) is 40.3 Å². The Kier molecular flexibility index (Phi) is 6.18. The summed E-state index contributed by atoms with van der Waals surface area (Å²) in [7, 11) is 3.96. The topological polar surface area (TPSA) is 32.8 Å². The molecular weight excluding hydrogens is 444 g/mol. The van der Waals surface area contributed by atoms with E-state index in [1.165, 1.54) is 28.7 Å². The van der Waals surface area contributed by atoms with Gasteiger partial charge >= 0.3 is 0 Å². The smallest absolute Gasteiger partial charge is 0.169 e. The van der Waals surface area contributed by atoms with Gasteiger partial charge in [0, 0.05) is 18.4 Å². The normalized spacial score (nSPS) is 23.0. The number of hydrogen-bond donors (Lipinski definition) is 0. The molecular formula is C32H36N2O2. The van der Waals surface area contributed by atoms with E-state index in [1.807, 2.05) is 24.3 Å². The van der Waals surface area contributed by atoms with Crippen LogP contribution in [-0.4, -0.2) is 55.9 Å². The van der Waals surface area contributed by atoms with Gasteiger partial charge in [-0.25, -0.2) is 0 Å². The van der Waals surface area contributed by atoms with E-state index in [-0.39, 0.29) is 17.2 Å². The minimum Gasteiger partial charge on any atom is -0.496 e. The Morgan fingerprint density at radius 2 is 1.56 bits per heavy atom. The number of piperidine rings is 1. The van der Waals surface area contributed by atoms with Crippen molar-refractivity contribution in [3.05, 3.63) is 101 Å². The highest BCUT2D eigenvalue weighted by Crippen LogP contribution is 2.61. The van der Waals surface area contributed by atoms with Crippen LogP contribution in [0.4, 0.5) is 0 Å². The molecule has 4 nitrogen and oxygen atoms in total. The Hall–Kier alpha value is -2.95. The van der Waals surface area contributed by atoms with E-state index in [2.05, 4.69) is 65.4 Å². The second-order valence-electron chi connectivity index (χ2n) is 10.7. The summed E-state index contributed by atoms with van der Waals surface area (Å²) in [5.41, 5.74) is 6.78. The molecule has 0 saturated carbocycles. The average Bonchev–Trinajstić information content (AvgIpc) is 3.47. The number of ether oxygens (including phenoxy) is 1. The van der Waals surface area contributed by atoms with Crippen LogP contribution in [0.1, 0.15) is 64.2 Å². The molecule has 0 N–H and O–H groups in total. The first-order valence-electron chi connectivity index (χ1n) is 13.4. The number of rotatable bonds is 8. The van der Waals surface area contributed by atoms with E-state index in [4.69, 9.17) is 4.74 Å². The van der Waals surface area contributed by atoms with E-state index in [0.717, 1.165) is 51.0 Å². The van der Waals surface area contributed by atoms with Crippen LogP contribution in [0.25, 0.3) is 0 Å². The standard InChI is InChI=1S/C32H36N2O2/c1-33(32-22-27(24-10-3-6-13-28(24)32)25-11-4-7-14-29(25)32)18-9-19-34-20-16-23(17-21-34)31(35)26-12-5-8-15-30(26)36-2/h3-8,10-15,23,27H,9,16-22H2,1-2H3. The van der Waals surface area contributed by atoms with Crippen LogP contribution in [0, 0.1) is 5.92 Å². The number of nitrogens with zero attached hydrogens (tertiary/aromatic N) is 2. The monoisotopic (exact) mass is 480 g/mol. The van der Waals surface area contributed by atoms with E-state index in [9.17, 15) is 4.79 Å². The van der Waals surface area contributed by atoms with Gasteiger partial charge in [0.1, 0.15) is 5.75 Å². The predicted molar refractivity (Wildman–Crippen MR) is 144 cm³/mol. The second kappa shape index (κ2) is 9.49. The van der Waals surface area contributed by atoms with Crippen LogP contribution < -0.4 is 4.74 Å². The van der Waals surface area contributed by atoms with Crippen molar-refractivity contribution in [1.82, 2.24) is 9.80 Å². The fourth-order valence-electron chi connectivity index (χ4n) is 7.18. The zero-order chi connectivity index (χ0) is 24.7. The summed E-state index contributed by atoms with van der Waals surface area (Å²) < 4.78 is 5.42. The van der Waals surface area contributed by atoms with Crippen molar-refractivity contribution in [2.45, 2.75) is 37.1 Å². The lowest BCUT2D eigenvalue weighted by atomic mass is 9.80. The first kappa shape index (κ1) is 23.4. The maximum absolute atomic E-state index is 13.1. The molecule has 0 radical (unpaired) electrons. The molecule has 1 aliphatic heterocycles. The number of carbonyl (C=O) groups excluding carboxylic acids is 1. The van der Waals surface area contributed by atoms with Crippen LogP contribution >= 0.6 is 0 Å². The molecule has 0 aromatic heterocycles. The van der Waals surface area contributed by atoms with E-state index < -0.39 is 0 Å². The molecule has 4 heteroatoms. The van der Waals surface area contributed by atoms with E-state index in [0.29, 0.717) is 11.7 Å². The van der Waals surface area contributed by atoms with Crippen molar-refractivity contribution in [1.29, 1.82) is 0 Å². The van der Waals surface area contributed by atoms with Crippen LogP contribution in [0.3, 0.4) is 0 Å². The van der Waals surface area contributed by atoms with Crippen LogP contribution in [0.2, 0.25) is 0 Å². The molecule has 2 bridgehead atoms. The van der Waals surface area contributed by atoms with Gasteiger partial charge in [-0.3, -0.25) is 9.69 Å². The molecule has 3 aliphatic rings. The largest absolute Gasteiger partial charge is 0.496 e. The lowest BCUT2D eigenvalue weighted by Gasteiger charge is -2.40. The highest BCUT2D eigenvalue weighted by Gasteiger charge is 2.54.